The van der Waals surface area contributed by atoms with Crippen molar-refractivity contribution in [2.45, 2.75) is 38.9 Å². The van der Waals surface area contributed by atoms with Gasteiger partial charge in [0.15, 0.2) is 0 Å². The molecule has 1 unspecified atom stereocenters. The molecule has 0 radical (unpaired) electrons. The number of carbonyl (C=O) groups is 1. The summed E-state index contributed by atoms with van der Waals surface area (Å²) in [5, 5.41) is 9.23. The highest BCUT2D eigenvalue weighted by molar-refractivity contribution is 5.81. The lowest BCUT2D eigenvalue weighted by Gasteiger charge is -2.09. The van der Waals surface area contributed by atoms with Crippen molar-refractivity contribution < 1.29 is 19.4 Å². The van der Waals surface area contributed by atoms with Crippen molar-refractivity contribution in [2.24, 2.45) is 0 Å². The summed E-state index contributed by atoms with van der Waals surface area (Å²) < 4.78 is 9.18. The molecule has 0 rings (SSSR count). The van der Waals surface area contributed by atoms with Crippen molar-refractivity contribution in [2.75, 3.05) is 7.11 Å². The van der Waals surface area contributed by atoms with Crippen molar-refractivity contribution in [1.82, 2.24) is 0 Å². The molecular weight excluding hydrogens is 184 g/mol. The Hall–Kier alpha value is -1.03. The summed E-state index contributed by atoms with van der Waals surface area (Å²) in [7, 11) is 1.43. The molecule has 0 aromatic carbocycles. The van der Waals surface area contributed by atoms with E-state index in [-0.39, 0.29) is 0 Å². The van der Waals surface area contributed by atoms with Crippen LogP contribution >= 0.6 is 0 Å². The minimum absolute atomic E-state index is 0.487. The molecule has 0 aliphatic heterocycles. The van der Waals surface area contributed by atoms with E-state index in [1.165, 1.54) is 13.4 Å². The molecule has 0 amide bonds. The van der Waals surface area contributed by atoms with Crippen molar-refractivity contribution >= 4 is 5.97 Å². The van der Waals surface area contributed by atoms with Gasteiger partial charge in [-0.3, -0.25) is 0 Å². The summed E-state index contributed by atoms with van der Waals surface area (Å²) in [6.45, 7) is 2.07. The summed E-state index contributed by atoms with van der Waals surface area (Å²) in [5.74, 6) is -0.587. The van der Waals surface area contributed by atoms with E-state index in [2.05, 4.69) is 16.4 Å². The normalized spacial score (nSPS) is 12.8. The average molecular weight is 202 g/mol. The smallest absolute Gasteiger partial charge is 0.336 e. The van der Waals surface area contributed by atoms with Gasteiger partial charge in [0, 0.05) is 6.42 Å². The Morgan fingerprint density at radius 3 is 2.79 bits per heavy atom. The summed E-state index contributed by atoms with van der Waals surface area (Å²) in [6.07, 6.45) is 4.78. The number of hydrogen-bond acceptors (Lipinski definition) is 4. The number of unbranched alkanes of at least 4 members (excludes halogenated alkanes) is 2. The molecule has 4 heteroatoms. The topological polar surface area (TPSA) is 55.8 Å². The van der Waals surface area contributed by atoms with Crippen LogP contribution in [-0.2, 0) is 14.3 Å². The van der Waals surface area contributed by atoms with Gasteiger partial charge in [-0.1, -0.05) is 19.8 Å². The third-order valence-electron chi connectivity index (χ3n) is 1.65. The lowest BCUT2D eigenvalue weighted by Crippen LogP contribution is -2.15. The van der Waals surface area contributed by atoms with Gasteiger partial charge in [-0.25, -0.2) is 4.79 Å². The maximum atomic E-state index is 10.9. The van der Waals surface area contributed by atoms with Crippen LogP contribution in [0.5, 0.6) is 0 Å². The minimum atomic E-state index is -1.00. The van der Waals surface area contributed by atoms with Gasteiger partial charge in [0.25, 0.3) is 0 Å². The highest BCUT2D eigenvalue weighted by Crippen LogP contribution is 2.04. The SMILES string of the molecule is CCCCCC(O)OC(=O)C=COC. The fraction of sp³-hybridized carbons (Fsp3) is 0.700. The van der Waals surface area contributed by atoms with Crippen molar-refractivity contribution in [3.05, 3.63) is 12.3 Å². The highest BCUT2D eigenvalue weighted by atomic mass is 16.6. The van der Waals surface area contributed by atoms with E-state index in [1.807, 2.05) is 0 Å². The van der Waals surface area contributed by atoms with Crippen LogP contribution in [0.1, 0.15) is 32.6 Å². The standard InChI is InChI=1S/C10H18O4/c1-3-4-5-6-9(11)14-10(12)7-8-13-2/h7-9,11H,3-6H2,1-2H3. The van der Waals surface area contributed by atoms with Crippen LogP contribution in [-0.4, -0.2) is 24.5 Å². The number of aliphatic hydroxyl groups excluding tert-OH is 1. The van der Waals surface area contributed by atoms with Gasteiger partial charge in [-0.2, -0.15) is 0 Å². The van der Waals surface area contributed by atoms with Gasteiger partial charge in [0.2, 0.25) is 6.29 Å². The van der Waals surface area contributed by atoms with Crippen LogP contribution in [0.4, 0.5) is 0 Å². The molecule has 4 nitrogen and oxygen atoms in total. The quantitative estimate of drug-likeness (QED) is 0.224. The van der Waals surface area contributed by atoms with Crippen molar-refractivity contribution in [3.8, 4) is 0 Å². The molecule has 0 aromatic heterocycles. The van der Waals surface area contributed by atoms with E-state index in [0.717, 1.165) is 25.3 Å². The predicted octanol–water partition coefficient (Wildman–Crippen LogP) is 1.59. The third kappa shape index (κ3) is 7.61. The lowest BCUT2D eigenvalue weighted by molar-refractivity contribution is -0.162. The summed E-state index contributed by atoms with van der Waals surface area (Å²) >= 11 is 0. The summed E-state index contributed by atoms with van der Waals surface area (Å²) in [6, 6.07) is 0. The van der Waals surface area contributed by atoms with Gasteiger partial charge >= 0.3 is 5.97 Å². The van der Waals surface area contributed by atoms with E-state index < -0.39 is 12.3 Å². The number of rotatable bonds is 7. The Morgan fingerprint density at radius 2 is 2.21 bits per heavy atom. The van der Waals surface area contributed by atoms with Gasteiger partial charge < -0.3 is 14.6 Å². The second kappa shape index (κ2) is 8.56. The first-order valence-electron chi connectivity index (χ1n) is 4.78. The zero-order chi connectivity index (χ0) is 10.8. The molecule has 0 aliphatic rings. The van der Waals surface area contributed by atoms with Gasteiger partial charge in [0.05, 0.1) is 19.4 Å². The Labute approximate surface area is 84.5 Å². The van der Waals surface area contributed by atoms with E-state index in [0.29, 0.717) is 6.42 Å². The van der Waals surface area contributed by atoms with Crippen LogP contribution in [0, 0.1) is 0 Å². The molecule has 0 aliphatic carbocycles. The largest absolute Gasteiger partial charge is 0.504 e. The zero-order valence-corrected chi connectivity index (χ0v) is 8.73. The second-order valence-corrected chi connectivity index (χ2v) is 2.93. The Bertz CT molecular complexity index is 177. The molecule has 0 fully saturated rings. The zero-order valence-electron chi connectivity index (χ0n) is 8.73. The van der Waals surface area contributed by atoms with E-state index in [9.17, 15) is 9.90 Å². The van der Waals surface area contributed by atoms with E-state index in [1.54, 1.807) is 0 Å². The number of ether oxygens (including phenoxy) is 2. The monoisotopic (exact) mass is 202 g/mol. The molecule has 1 N–H and O–H groups in total. The average Bonchev–Trinajstić information content (AvgIpc) is 2.15. The first-order valence-corrected chi connectivity index (χ1v) is 4.78. The molecule has 0 bridgehead atoms. The first-order chi connectivity index (χ1) is 6.70. The molecule has 0 saturated carbocycles. The fourth-order valence-corrected chi connectivity index (χ4v) is 0.925. The van der Waals surface area contributed by atoms with Crippen LogP contribution < -0.4 is 0 Å². The molecular formula is C10H18O4. The maximum absolute atomic E-state index is 10.9. The van der Waals surface area contributed by atoms with Crippen molar-refractivity contribution in [3.63, 3.8) is 0 Å². The molecule has 1 atom stereocenters. The second-order valence-electron chi connectivity index (χ2n) is 2.93. The van der Waals surface area contributed by atoms with Crippen LogP contribution in [0.3, 0.4) is 0 Å². The third-order valence-corrected chi connectivity index (χ3v) is 1.65. The minimum Gasteiger partial charge on any atom is -0.504 e. The molecule has 0 saturated heterocycles. The van der Waals surface area contributed by atoms with Gasteiger partial charge in [0.1, 0.15) is 0 Å². The van der Waals surface area contributed by atoms with Crippen LogP contribution in [0.2, 0.25) is 0 Å². The number of aliphatic hydroxyl groups is 1. The Kier molecular flexibility index (Phi) is 7.93. The molecule has 0 heterocycles. The summed E-state index contributed by atoms with van der Waals surface area (Å²) in [5.41, 5.74) is 0. The number of hydrogen-bond donors (Lipinski definition) is 1. The summed E-state index contributed by atoms with van der Waals surface area (Å²) in [4.78, 5) is 10.9. The lowest BCUT2D eigenvalue weighted by atomic mass is 10.2. The van der Waals surface area contributed by atoms with Crippen LogP contribution in [0.15, 0.2) is 12.3 Å². The van der Waals surface area contributed by atoms with Gasteiger partial charge in [-0.05, 0) is 6.42 Å². The molecule has 0 spiro atoms. The van der Waals surface area contributed by atoms with Gasteiger partial charge in [-0.15, -0.1) is 0 Å². The van der Waals surface area contributed by atoms with Crippen LogP contribution in [0.25, 0.3) is 0 Å². The maximum Gasteiger partial charge on any atom is 0.336 e. The predicted molar refractivity (Wildman–Crippen MR) is 52.4 cm³/mol. The number of esters is 1. The highest BCUT2D eigenvalue weighted by Gasteiger charge is 2.07. The molecule has 82 valence electrons. The first kappa shape index (κ1) is 13.0. The van der Waals surface area contributed by atoms with E-state index >= 15 is 0 Å². The Balaban J connectivity index is 3.55. The Morgan fingerprint density at radius 1 is 1.50 bits per heavy atom. The number of methoxy groups -OCH3 is 1. The van der Waals surface area contributed by atoms with Crippen molar-refractivity contribution in [1.29, 1.82) is 0 Å². The molecule has 0 aromatic rings. The fourth-order valence-electron chi connectivity index (χ4n) is 0.925. The van der Waals surface area contributed by atoms with E-state index in [4.69, 9.17) is 0 Å². The molecule has 14 heavy (non-hydrogen) atoms. The number of carbonyl (C=O) groups excluding carboxylic acids is 1.